The summed E-state index contributed by atoms with van der Waals surface area (Å²) in [6.45, 7) is 0. The van der Waals surface area contributed by atoms with Gasteiger partial charge >= 0.3 is 0 Å². The number of carboxylic acid groups (broad SMARTS) is 1. The molecule has 3 N–H and O–H groups in total. The van der Waals surface area contributed by atoms with Crippen molar-refractivity contribution in [1.29, 1.82) is 0 Å². The number of aromatic carboxylic acids is 1. The maximum Gasteiger partial charge on any atom is 0.247 e. The van der Waals surface area contributed by atoms with Gasteiger partial charge in [-0.05, 0) is 0 Å². The van der Waals surface area contributed by atoms with E-state index in [0.29, 0.717) is 5.69 Å². The molecule has 0 spiro atoms. The minimum atomic E-state index is -0.986. The molecule has 0 saturated heterocycles. The minimum absolute atomic E-state index is 0. The van der Waals surface area contributed by atoms with Gasteiger partial charge in [-0.25, -0.2) is 0 Å². The standard InChI is InChI=1S/C7H6NO2.Y/c8-6-3-1-5(2-4-6)7(9)10;/h1,3-4H,8H2,(H,9,10);/q-1;. The van der Waals surface area contributed by atoms with Crippen LogP contribution in [-0.2, 0) is 32.7 Å². The van der Waals surface area contributed by atoms with Crippen LogP contribution in [0.2, 0.25) is 0 Å². The molecule has 0 unspecified atom stereocenters. The molecule has 0 saturated carbocycles. The molecule has 4 heteroatoms. The van der Waals surface area contributed by atoms with Gasteiger partial charge in [0.25, 0.3) is 0 Å². The van der Waals surface area contributed by atoms with E-state index in [1.54, 1.807) is 0 Å². The SMILES string of the molecule is Nc1c[c-]c(C(=O)O)cc1.[Y]. The van der Waals surface area contributed by atoms with Crippen molar-refractivity contribution in [3.63, 3.8) is 0 Å². The van der Waals surface area contributed by atoms with Crippen molar-refractivity contribution in [3.05, 3.63) is 29.8 Å². The number of nitrogen functional groups attached to an aromatic ring is 1. The van der Waals surface area contributed by atoms with Crippen molar-refractivity contribution in [2.24, 2.45) is 0 Å². The normalized spacial score (nSPS) is 8.36. The maximum absolute atomic E-state index is 10.2. The molecule has 0 atom stereocenters. The van der Waals surface area contributed by atoms with E-state index < -0.39 is 5.97 Å². The average Bonchev–Trinajstić information content (AvgIpc) is 1.88. The van der Waals surface area contributed by atoms with E-state index in [-0.39, 0.29) is 38.3 Å². The molecule has 0 aliphatic heterocycles. The number of anilines is 1. The Morgan fingerprint density at radius 3 is 2.55 bits per heavy atom. The molecule has 0 aromatic heterocycles. The van der Waals surface area contributed by atoms with Gasteiger partial charge in [-0.15, -0.1) is 24.3 Å². The number of carbonyl (C=O) groups is 1. The van der Waals surface area contributed by atoms with E-state index in [1.165, 1.54) is 18.2 Å². The summed E-state index contributed by atoms with van der Waals surface area (Å²) in [7, 11) is 0. The van der Waals surface area contributed by atoms with Gasteiger partial charge in [0, 0.05) is 32.7 Å². The van der Waals surface area contributed by atoms with E-state index >= 15 is 0 Å². The van der Waals surface area contributed by atoms with Gasteiger partial charge in [0.15, 0.2) is 0 Å². The van der Waals surface area contributed by atoms with Crippen molar-refractivity contribution in [2.45, 2.75) is 0 Å². The molecule has 0 heterocycles. The molecule has 1 rings (SSSR count). The van der Waals surface area contributed by atoms with E-state index in [9.17, 15) is 4.79 Å². The van der Waals surface area contributed by atoms with Crippen LogP contribution in [0.15, 0.2) is 18.2 Å². The summed E-state index contributed by atoms with van der Waals surface area (Å²) in [4.78, 5) is 10.2. The first-order chi connectivity index (χ1) is 4.70. The summed E-state index contributed by atoms with van der Waals surface area (Å²) >= 11 is 0. The molecule has 55 valence electrons. The van der Waals surface area contributed by atoms with E-state index in [2.05, 4.69) is 6.07 Å². The Morgan fingerprint density at radius 1 is 1.55 bits per heavy atom. The van der Waals surface area contributed by atoms with Crippen LogP contribution < -0.4 is 5.73 Å². The van der Waals surface area contributed by atoms with E-state index in [4.69, 9.17) is 10.8 Å². The molecule has 0 aliphatic rings. The zero-order chi connectivity index (χ0) is 7.56. The zero-order valence-corrected chi connectivity index (χ0v) is 8.58. The van der Waals surface area contributed by atoms with Gasteiger partial charge in [-0.3, -0.25) is 0 Å². The van der Waals surface area contributed by atoms with Crippen LogP contribution in [0.1, 0.15) is 10.4 Å². The average molecular weight is 225 g/mol. The Labute approximate surface area is 89.5 Å². The predicted octanol–water partition coefficient (Wildman–Crippen LogP) is 0.765. The van der Waals surface area contributed by atoms with E-state index in [0.717, 1.165) is 0 Å². The largest absolute Gasteiger partial charge is 0.521 e. The van der Waals surface area contributed by atoms with Crippen LogP contribution in [0.4, 0.5) is 5.69 Å². The molecule has 0 fully saturated rings. The van der Waals surface area contributed by atoms with Crippen molar-refractivity contribution in [1.82, 2.24) is 0 Å². The molecule has 3 nitrogen and oxygen atoms in total. The molecule has 0 bridgehead atoms. The van der Waals surface area contributed by atoms with Crippen LogP contribution in [-0.4, -0.2) is 11.1 Å². The summed E-state index contributed by atoms with van der Waals surface area (Å²) in [6, 6.07) is 6.89. The molecule has 11 heavy (non-hydrogen) atoms. The monoisotopic (exact) mass is 225 g/mol. The third-order valence-electron chi connectivity index (χ3n) is 1.07. The molecule has 1 radical (unpaired) electrons. The Balaban J connectivity index is 0.000001000. The second kappa shape index (κ2) is 4.47. The van der Waals surface area contributed by atoms with Gasteiger partial charge in [-0.1, -0.05) is 11.3 Å². The topological polar surface area (TPSA) is 63.3 Å². The number of carboxylic acids is 1. The summed E-state index contributed by atoms with van der Waals surface area (Å²) in [5, 5.41) is 8.40. The zero-order valence-electron chi connectivity index (χ0n) is 5.74. The second-order valence-corrected chi connectivity index (χ2v) is 1.84. The molecule has 1 aromatic carbocycles. The third kappa shape index (κ3) is 2.99. The van der Waals surface area contributed by atoms with Gasteiger partial charge in [-0.2, -0.15) is 0 Å². The van der Waals surface area contributed by atoms with Crippen molar-refractivity contribution < 1.29 is 42.6 Å². The van der Waals surface area contributed by atoms with E-state index in [1.807, 2.05) is 0 Å². The second-order valence-electron chi connectivity index (χ2n) is 1.84. The van der Waals surface area contributed by atoms with Gasteiger partial charge in [0.05, 0.1) is 0 Å². The minimum Gasteiger partial charge on any atom is -0.521 e. The Morgan fingerprint density at radius 2 is 2.18 bits per heavy atom. The van der Waals surface area contributed by atoms with Crippen LogP contribution in [0.3, 0.4) is 0 Å². The van der Waals surface area contributed by atoms with Gasteiger partial charge in [0.1, 0.15) is 0 Å². The first-order valence-electron chi connectivity index (χ1n) is 2.70. The summed E-state index contributed by atoms with van der Waals surface area (Å²) < 4.78 is 0. The van der Waals surface area contributed by atoms with Gasteiger partial charge in [0.2, 0.25) is 5.97 Å². The first kappa shape index (κ1) is 10.6. The van der Waals surface area contributed by atoms with Crippen molar-refractivity contribution in [2.75, 3.05) is 5.73 Å². The smallest absolute Gasteiger partial charge is 0.247 e. The number of benzene rings is 1. The van der Waals surface area contributed by atoms with Crippen LogP contribution in [0.25, 0.3) is 0 Å². The quantitative estimate of drug-likeness (QED) is 0.547. The van der Waals surface area contributed by atoms with Crippen LogP contribution in [0.5, 0.6) is 0 Å². The first-order valence-corrected chi connectivity index (χ1v) is 2.70. The van der Waals surface area contributed by atoms with Crippen molar-refractivity contribution >= 4 is 11.7 Å². The summed E-state index contributed by atoms with van der Waals surface area (Å²) in [5.74, 6) is -0.986. The maximum atomic E-state index is 10.2. The molecule has 0 aliphatic carbocycles. The Hall–Kier alpha value is -0.406. The molecular weight excluding hydrogens is 219 g/mol. The number of hydrogen-bond donors (Lipinski definition) is 2. The summed E-state index contributed by atoms with van der Waals surface area (Å²) in [5.41, 5.74) is 5.95. The van der Waals surface area contributed by atoms with Gasteiger partial charge < -0.3 is 15.6 Å². The number of hydrogen-bond acceptors (Lipinski definition) is 2. The van der Waals surface area contributed by atoms with Crippen molar-refractivity contribution in [3.8, 4) is 0 Å². The number of rotatable bonds is 1. The third-order valence-corrected chi connectivity index (χ3v) is 1.07. The molecular formula is C7H6NO2Y-. The predicted molar refractivity (Wildman–Crippen MR) is 36.6 cm³/mol. The fraction of sp³-hybridized carbons (Fsp3) is 0. The summed E-state index contributed by atoms with van der Waals surface area (Å²) in [6.07, 6.45) is 0. The fourth-order valence-corrected chi connectivity index (χ4v) is 0.570. The van der Waals surface area contributed by atoms with Crippen LogP contribution >= 0.6 is 0 Å². The molecule has 0 amide bonds. The Bertz CT molecular complexity index is 245. The number of nitrogens with two attached hydrogens (primary N) is 1. The fourth-order valence-electron chi connectivity index (χ4n) is 0.570. The van der Waals surface area contributed by atoms with Crippen LogP contribution in [0, 0.1) is 6.07 Å². The molecule has 1 aromatic rings. The Kier molecular flexibility index (Phi) is 4.30.